The number of nitrogens with zero attached hydrogens (tertiary/aromatic N) is 2. The number of carbonyl (C=O) groups excluding carboxylic acids is 1. The molecule has 3 rings (SSSR count). The quantitative estimate of drug-likeness (QED) is 0.770. The molecule has 2 aromatic rings. The zero-order valence-corrected chi connectivity index (χ0v) is 13.9. The van der Waals surface area contributed by atoms with Gasteiger partial charge in [0.25, 0.3) is 0 Å². The molecule has 2 heterocycles. The molecule has 0 saturated carbocycles. The van der Waals surface area contributed by atoms with E-state index < -0.39 is 0 Å². The Labute approximate surface area is 139 Å². The first kappa shape index (κ1) is 15.3. The SMILES string of the molecule is Cc1cc(Cl)c(CC(=O)N2c3ccccc3CC2C)c(Cl)n1. The Hall–Kier alpha value is -1.58. The summed E-state index contributed by atoms with van der Waals surface area (Å²) in [7, 11) is 0. The molecule has 1 aromatic carbocycles. The molecule has 1 atom stereocenters. The van der Waals surface area contributed by atoms with E-state index in [1.165, 1.54) is 5.56 Å². The third kappa shape index (κ3) is 2.71. The summed E-state index contributed by atoms with van der Waals surface area (Å²) in [6.07, 6.45) is 1.03. The summed E-state index contributed by atoms with van der Waals surface area (Å²) in [5.74, 6) is -0.00750. The first-order chi connectivity index (χ1) is 10.5. The predicted molar refractivity (Wildman–Crippen MR) is 89.8 cm³/mol. The zero-order valence-electron chi connectivity index (χ0n) is 12.4. The van der Waals surface area contributed by atoms with Crippen molar-refractivity contribution in [1.82, 2.24) is 4.98 Å². The second-order valence-corrected chi connectivity index (χ2v) is 6.40. The Balaban J connectivity index is 1.90. The van der Waals surface area contributed by atoms with E-state index >= 15 is 0 Å². The zero-order chi connectivity index (χ0) is 15.9. The number of benzene rings is 1. The van der Waals surface area contributed by atoms with Gasteiger partial charge < -0.3 is 4.90 Å². The number of hydrogen-bond donors (Lipinski definition) is 0. The van der Waals surface area contributed by atoms with Gasteiger partial charge in [0.15, 0.2) is 0 Å². The predicted octanol–water partition coefficient (Wildman–Crippen LogP) is 4.22. The van der Waals surface area contributed by atoms with Crippen molar-refractivity contribution in [3.63, 3.8) is 0 Å². The maximum Gasteiger partial charge on any atom is 0.231 e. The molecule has 1 aliphatic heterocycles. The molecular weight excluding hydrogens is 319 g/mol. The molecule has 0 fully saturated rings. The van der Waals surface area contributed by atoms with E-state index in [0.29, 0.717) is 15.7 Å². The van der Waals surface area contributed by atoms with Crippen LogP contribution in [0.2, 0.25) is 10.2 Å². The van der Waals surface area contributed by atoms with Gasteiger partial charge in [-0.25, -0.2) is 4.98 Å². The first-order valence-corrected chi connectivity index (χ1v) is 7.94. The number of amides is 1. The second-order valence-electron chi connectivity index (χ2n) is 5.64. The Morgan fingerprint density at radius 2 is 2.09 bits per heavy atom. The Morgan fingerprint density at radius 3 is 2.82 bits per heavy atom. The maximum atomic E-state index is 12.8. The molecule has 1 amide bonds. The minimum Gasteiger partial charge on any atom is -0.309 e. The van der Waals surface area contributed by atoms with Gasteiger partial charge in [0.05, 0.1) is 6.42 Å². The first-order valence-electron chi connectivity index (χ1n) is 7.19. The Bertz CT molecular complexity index is 722. The summed E-state index contributed by atoms with van der Waals surface area (Å²) in [4.78, 5) is 18.8. The highest BCUT2D eigenvalue weighted by Gasteiger charge is 2.31. The molecule has 0 bridgehead atoms. The normalized spacial score (nSPS) is 16.7. The second kappa shape index (κ2) is 5.90. The van der Waals surface area contributed by atoms with Gasteiger partial charge in [-0.3, -0.25) is 4.79 Å². The fraction of sp³-hybridized carbons (Fsp3) is 0.294. The third-order valence-corrected chi connectivity index (χ3v) is 4.60. The number of aromatic nitrogens is 1. The molecule has 0 radical (unpaired) electrons. The highest BCUT2D eigenvalue weighted by atomic mass is 35.5. The van der Waals surface area contributed by atoms with Crippen LogP contribution in [0, 0.1) is 6.92 Å². The van der Waals surface area contributed by atoms with E-state index in [1.807, 2.05) is 30.0 Å². The van der Waals surface area contributed by atoms with Crippen LogP contribution < -0.4 is 4.90 Å². The standard InChI is InChI=1S/C17H16Cl2N2O/c1-10-7-14(18)13(17(19)20-10)9-16(22)21-11(2)8-12-5-3-4-6-15(12)21/h3-7,11H,8-9H2,1-2H3. The van der Waals surface area contributed by atoms with Crippen LogP contribution in [0.1, 0.15) is 23.7 Å². The van der Waals surface area contributed by atoms with Gasteiger partial charge in [-0.05, 0) is 38.0 Å². The van der Waals surface area contributed by atoms with Gasteiger partial charge in [-0.15, -0.1) is 0 Å². The number of para-hydroxylation sites is 1. The van der Waals surface area contributed by atoms with E-state index in [1.54, 1.807) is 6.07 Å². The molecule has 22 heavy (non-hydrogen) atoms. The van der Waals surface area contributed by atoms with E-state index in [4.69, 9.17) is 23.2 Å². The van der Waals surface area contributed by atoms with Gasteiger partial charge in [-0.2, -0.15) is 0 Å². The van der Waals surface area contributed by atoms with Crippen molar-refractivity contribution in [3.05, 3.63) is 57.3 Å². The number of aryl methyl sites for hydroxylation is 1. The summed E-state index contributed by atoms with van der Waals surface area (Å²) in [5.41, 5.74) is 3.51. The molecule has 1 unspecified atom stereocenters. The molecule has 0 aliphatic carbocycles. The van der Waals surface area contributed by atoms with E-state index in [0.717, 1.165) is 17.8 Å². The van der Waals surface area contributed by atoms with Gasteiger partial charge in [0.1, 0.15) is 5.15 Å². The van der Waals surface area contributed by atoms with Crippen LogP contribution >= 0.6 is 23.2 Å². The lowest BCUT2D eigenvalue weighted by Gasteiger charge is -2.23. The van der Waals surface area contributed by atoms with Gasteiger partial charge >= 0.3 is 0 Å². The van der Waals surface area contributed by atoms with Crippen molar-refractivity contribution in [1.29, 1.82) is 0 Å². The Morgan fingerprint density at radius 1 is 1.36 bits per heavy atom. The van der Waals surface area contributed by atoms with Crippen molar-refractivity contribution in [2.75, 3.05) is 4.90 Å². The average molecular weight is 335 g/mol. The van der Waals surface area contributed by atoms with Crippen LogP contribution in [0.15, 0.2) is 30.3 Å². The minimum absolute atomic E-state index is 0.00750. The molecule has 5 heteroatoms. The molecule has 114 valence electrons. The number of pyridine rings is 1. The van der Waals surface area contributed by atoms with Crippen LogP contribution in [0.25, 0.3) is 0 Å². The lowest BCUT2D eigenvalue weighted by molar-refractivity contribution is -0.118. The van der Waals surface area contributed by atoms with Crippen molar-refractivity contribution in [3.8, 4) is 0 Å². The Kier molecular flexibility index (Phi) is 4.11. The van der Waals surface area contributed by atoms with Gasteiger partial charge in [0.2, 0.25) is 5.91 Å². The summed E-state index contributed by atoms with van der Waals surface area (Å²) < 4.78 is 0. The molecule has 1 aromatic heterocycles. The fourth-order valence-electron chi connectivity index (χ4n) is 2.96. The van der Waals surface area contributed by atoms with Crippen LogP contribution in [0.4, 0.5) is 5.69 Å². The van der Waals surface area contributed by atoms with E-state index in [-0.39, 0.29) is 18.4 Å². The number of fused-ring (bicyclic) bond motifs is 1. The highest BCUT2D eigenvalue weighted by Crippen LogP contribution is 2.33. The van der Waals surface area contributed by atoms with Crippen molar-refractivity contribution in [2.45, 2.75) is 32.7 Å². The lowest BCUT2D eigenvalue weighted by Crippen LogP contribution is -2.37. The van der Waals surface area contributed by atoms with Crippen molar-refractivity contribution in [2.24, 2.45) is 0 Å². The van der Waals surface area contributed by atoms with Gasteiger partial charge in [-0.1, -0.05) is 41.4 Å². The molecule has 3 nitrogen and oxygen atoms in total. The van der Waals surface area contributed by atoms with Crippen LogP contribution in [-0.2, 0) is 17.6 Å². The van der Waals surface area contributed by atoms with Crippen LogP contribution in [0.5, 0.6) is 0 Å². The molecule has 0 spiro atoms. The highest BCUT2D eigenvalue weighted by molar-refractivity contribution is 6.35. The number of rotatable bonds is 2. The number of carbonyl (C=O) groups is 1. The van der Waals surface area contributed by atoms with E-state index in [9.17, 15) is 4.79 Å². The molecule has 0 N–H and O–H groups in total. The van der Waals surface area contributed by atoms with E-state index in [2.05, 4.69) is 18.0 Å². The number of anilines is 1. The monoisotopic (exact) mass is 334 g/mol. The molecule has 1 aliphatic rings. The topological polar surface area (TPSA) is 33.2 Å². The fourth-order valence-corrected chi connectivity index (χ4v) is 3.63. The summed E-state index contributed by atoms with van der Waals surface area (Å²) in [5, 5.41) is 0.796. The van der Waals surface area contributed by atoms with Crippen LogP contribution in [0.3, 0.4) is 0 Å². The summed E-state index contributed by atoms with van der Waals surface area (Å²) in [6, 6.07) is 9.86. The van der Waals surface area contributed by atoms with Crippen molar-refractivity contribution >= 4 is 34.8 Å². The number of hydrogen-bond acceptors (Lipinski definition) is 2. The van der Waals surface area contributed by atoms with Crippen molar-refractivity contribution < 1.29 is 4.79 Å². The summed E-state index contributed by atoms with van der Waals surface area (Å²) in [6.45, 7) is 3.87. The number of halogens is 2. The smallest absolute Gasteiger partial charge is 0.231 e. The minimum atomic E-state index is -0.00750. The van der Waals surface area contributed by atoms with Crippen LogP contribution in [-0.4, -0.2) is 16.9 Å². The average Bonchev–Trinajstić information content (AvgIpc) is 2.78. The molecule has 0 saturated heterocycles. The lowest BCUT2D eigenvalue weighted by atomic mass is 10.1. The third-order valence-electron chi connectivity index (χ3n) is 3.95. The maximum absolute atomic E-state index is 12.8. The molecular formula is C17H16Cl2N2O. The summed E-state index contributed by atoms with van der Waals surface area (Å²) >= 11 is 12.4. The van der Waals surface area contributed by atoms with Gasteiger partial charge in [0, 0.05) is 28.0 Å². The largest absolute Gasteiger partial charge is 0.309 e.